The molecule has 0 N–H and O–H groups in total. The second-order valence-corrected chi connectivity index (χ2v) is 9.54. The molecule has 0 aromatic heterocycles. The molecule has 0 atom stereocenters. The van der Waals surface area contributed by atoms with Gasteiger partial charge in [0.15, 0.2) is 6.61 Å². The molecule has 2 aromatic rings. The van der Waals surface area contributed by atoms with E-state index >= 15 is 0 Å². The highest BCUT2D eigenvalue weighted by atomic mass is 32.2. The van der Waals surface area contributed by atoms with Crippen molar-refractivity contribution in [1.29, 1.82) is 0 Å². The topological polar surface area (TPSA) is 84.0 Å². The number of rotatable bonds is 8. The van der Waals surface area contributed by atoms with Gasteiger partial charge >= 0.3 is 5.97 Å². The molecule has 1 saturated heterocycles. The predicted molar refractivity (Wildman–Crippen MR) is 117 cm³/mol. The second-order valence-electron chi connectivity index (χ2n) is 7.61. The lowest BCUT2D eigenvalue weighted by Crippen LogP contribution is -2.35. The minimum absolute atomic E-state index is 0.0291. The number of sulfonamides is 1. The molecule has 0 aliphatic carbocycles. The van der Waals surface area contributed by atoms with Crippen LogP contribution in [0, 0.1) is 5.82 Å². The van der Waals surface area contributed by atoms with E-state index in [0.29, 0.717) is 25.2 Å². The summed E-state index contributed by atoms with van der Waals surface area (Å²) in [6.45, 7) is 2.75. The monoisotopic (exact) mass is 462 g/mol. The van der Waals surface area contributed by atoms with Gasteiger partial charge in [-0.15, -0.1) is 0 Å². The van der Waals surface area contributed by atoms with Gasteiger partial charge in [-0.3, -0.25) is 4.79 Å². The summed E-state index contributed by atoms with van der Waals surface area (Å²) in [7, 11) is -3.69. The highest BCUT2D eigenvalue weighted by Crippen LogP contribution is 2.21. The van der Waals surface area contributed by atoms with E-state index in [0.717, 1.165) is 19.3 Å². The Kier molecular flexibility index (Phi) is 7.98. The van der Waals surface area contributed by atoms with E-state index < -0.39 is 34.3 Å². The Balaban J connectivity index is 1.63. The average molecular weight is 463 g/mol. The summed E-state index contributed by atoms with van der Waals surface area (Å²) < 4.78 is 45.6. The number of carbonyl (C=O) groups is 2. The van der Waals surface area contributed by atoms with Gasteiger partial charge in [-0.05, 0) is 55.7 Å². The molecular formula is C23H27FN2O5S. The predicted octanol–water partition coefficient (Wildman–Crippen LogP) is 3.21. The summed E-state index contributed by atoms with van der Waals surface area (Å²) in [5.74, 6) is -1.60. The molecule has 0 saturated carbocycles. The number of likely N-dealkylation sites (N-methyl/N-ethyl adjacent to an activating group) is 1. The molecule has 172 valence electrons. The molecule has 1 fully saturated rings. The van der Waals surface area contributed by atoms with Crippen molar-refractivity contribution in [3.8, 4) is 0 Å². The first-order valence-electron chi connectivity index (χ1n) is 10.6. The normalized spacial score (nSPS) is 14.7. The number of halogens is 1. The van der Waals surface area contributed by atoms with Gasteiger partial charge in [-0.25, -0.2) is 17.6 Å². The van der Waals surface area contributed by atoms with Gasteiger partial charge in [0.25, 0.3) is 5.91 Å². The molecule has 2 aromatic carbocycles. The van der Waals surface area contributed by atoms with Crippen molar-refractivity contribution < 1.29 is 27.1 Å². The molecule has 9 heteroatoms. The number of hydrogen-bond donors (Lipinski definition) is 0. The van der Waals surface area contributed by atoms with Crippen LogP contribution in [0.4, 0.5) is 4.39 Å². The van der Waals surface area contributed by atoms with E-state index in [4.69, 9.17) is 4.74 Å². The average Bonchev–Trinajstić information content (AvgIpc) is 2.81. The molecule has 0 bridgehead atoms. The lowest BCUT2D eigenvalue weighted by molar-refractivity contribution is -0.134. The molecule has 0 spiro atoms. The SMILES string of the molecule is CCN(Cc1cccc(F)c1)C(=O)COC(=O)c1cccc(S(=O)(=O)N2CCCCC2)c1. The second kappa shape index (κ2) is 10.7. The molecule has 7 nitrogen and oxygen atoms in total. The first kappa shape index (κ1) is 23.9. The minimum Gasteiger partial charge on any atom is -0.452 e. The number of hydrogen-bond acceptors (Lipinski definition) is 5. The Morgan fingerprint density at radius 3 is 2.47 bits per heavy atom. The summed E-state index contributed by atoms with van der Waals surface area (Å²) in [6, 6.07) is 11.6. The minimum atomic E-state index is -3.69. The van der Waals surface area contributed by atoms with E-state index in [1.807, 2.05) is 0 Å². The van der Waals surface area contributed by atoms with Crippen LogP contribution in [-0.2, 0) is 26.1 Å². The summed E-state index contributed by atoms with van der Waals surface area (Å²) >= 11 is 0. The zero-order valence-corrected chi connectivity index (χ0v) is 18.8. The fraction of sp³-hybridized carbons (Fsp3) is 0.391. The van der Waals surface area contributed by atoms with Crippen molar-refractivity contribution in [3.63, 3.8) is 0 Å². The van der Waals surface area contributed by atoms with Gasteiger partial charge in [-0.2, -0.15) is 4.31 Å². The number of benzene rings is 2. The molecule has 0 unspecified atom stereocenters. The zero-order chi connectivity index (χ0) is 23.1. The van der Waals surface area contributed by atoms with Crippen molar-refractivity contribution >= 4 is 21.9 Å². The van der Waals surface area contributed by atoms with E-state index in [2.05, 4.69) is 0 Å². The number of piperidine rings is 1. The Bertz CT molecular complexity index is 1070. The highest BCUT2D eigenvalue weighted by molar-refractivity contribution is 7.89. The first-order valence-corrected chi connectivity index (χ1v) is 12.0. The van der Waals surface area contributed by atoms with Crippen LogP contribution in [0.25, 0.3) is 0 Å². The Labute approximate surface area is 187 Å². The third-order valence-corrected chi connectivity index (χ3v) is 7.24. The third kappa shape index (κ3) is 5.92. The summed E-state index contributed by atoms with van der Waals surface area (Å²) in [6.07, 6.45) is 2.62. The van der Waals surface area contributed by atoms with Crippen LogP contribution < -0.4 is 0 Å². The van der Waals surface area contributed by atoms with Crippen LogP contribution >= 0.6 is 0 Å². The standard InChI is InChI=1S/C23H27FN2O5S/c1-2-25(16-18-8-6-10-20(24)14-18)22(27)17-31-23(28)19-9-7-11-21(15-19)32(29,30)26-12-4-3-5-13-26/h6-11,14-15H,2-5,12-13,16-17H2,1H3. The number of carbonyl (C=O) groups excluding carboxylic acids is 2. The summed E-state index contributed by atoms with van der Waals surface area (Å²) in [4.78, 5) is 26.4. The Hall–Kier alpha value is -2.78. The van der Waals surface area contributed by atoms with Crippen LogP contribution in [0.3, 0.4) is 0 Å². The van der Waals surface area contributed by atoms with Gasteiger partial charge in [-0.1, -0.05) is 24.6 Å². The van der Waals surface area contributed by atoms with Gasteiger partial charge in [0.2, 0.25) is 10.0 Å². The fourth-order valence-electron chi connectivity index (χ4n) is 3.57. The molecule has 32 heavy (non-hydrogen) atoms. The molecular weight excluding hydrogens is 435 g/mol. The summed E-state index contributed by atoms with van der Waals surface area (Å²) in [5, 5.41) is 0. The Morgan fingerprint density at radius 2 is 1.78 bits per heavy atom. The smallest absolute Gasteiger partial charge is 0.338 e. The van der Waals surface area contributed by atoms with Crippen LogP contribution in [0.1, 0.15) is 42.1 Å². The zero-order valence-electron chi connectivity index (χ0n) is 18.0. The van der Waals surface area contributed by atoms with Crippen molar-refractivity contribution in [2.24, 2.45) is 0 Å². The van der Waals surface area contributed by atoms with E-state index in [1.165, 1.54) is 45.6 Å². The molecule has 1 aliphatic heterocycles. The van der Waals surface area contributed by atoms with Crippen LogP contribution in [-0.4, -0.2) is 55.7 Å². The fourth-order valence-corrected chi connectivity index (χ4v) is 5.14. The first-order chi connectivity index (χ1) is 15.3. The lowest BCUT2D eigenvalue weighted by Gasteiger charge is -2.26. The molecule has 1 heterocycles. The van der Waals surface area contributed by atoms with Crippen LogP contribution in [0.5, 0.6) is 0 Å². The maximum absolute atomic E-state index is 13.4. The van der Waals surface area contributed by atoms with Gasteiger partial charge in [0, 0.05) is 26.2 Å². The van der Waals surface area contributed by atoms with E-state index in [9.17, 15) is 22.4 Å². The molecule has 1 aliphatic rings. The lowest BCUT2D eigenvalue weighted by atomic mass is 10.2. The maximum atomic E-state index is 13.4. The van der Waals surface area contributed by atoms with E-state index in [-0.39, 0.29) is 17.0 Å². The van der Waals surface area contributed by atoms with Crippen LogP contribution in [0.15, 0.2) is 53.4 Å². The number of amides is 1. The third-order valence-electron chi connectivity index (χ3n) is 5.35. The van der Waals surface area contributed by atoms with Gasteiger partial charge < -0.3 is 9.64 Å². The number of nitrogens with zero attached hydrogens (tertiary/aromatic N) is 2. The molecule has 1 amide bonds. The number of esters is 1. The molecule has 0 radical (unpaired) electrons. The van der Waals surface area contributed by atoms with Crippen molar-refractivity contribution in [2.75, 3.05) is 26.2 Å². The summed E-state index contributed by atoms with van der Waals surface area (Å²) in [5.41, 5.74) is 0.686. The van der Waals surface area contributed by atoms with Crippen LogP contribution in [0.2, 0.25) is 0 Å². The van der Waals surface area contributed by atoms with E-state index in [1.54, 1.807) is 19.1 Å². The highest BCUT2D eigenvalue weighted by Gasteiger charge is 2.27. The molecule has 3 rings (SSSR count). The van der Waals surface area contributed by atoms with Crippen molar-refractivity contribution in [2.45, 2.75) is 37.6 Å². The van der Waals surface area contributed by atoms with Crippen molar-refractivity contribution in [3.05, 3.63) is 65.5 Å². The van der Waals surface area contributed by atoms with Gasteiger partial charge in [0.1, 0.15) is 5.82 Å². The largest absolute Gasteiger partial charge is 0.452 e. The maximum Gasteiger partial charge on any atom is 0.338 e. The quantitative estimate of drug-likeness (QED) is 0.563. The Morgan fingerprint density at radius 1 is 1.06 bits per heavy atom. The van der Waals surface area contributed by atoms with Gasteiger partial charge in [0.05, 0.1) is 10.5 Å². The number of ether oxygens (including phenoxy) is 1. The van der Waals surface area contributed by atoms with Crippen molar-refractivity contribution in [1.82, 2.24) is 9.21 Å².